The molecule has 1 aliphatic carbocycles. The molecule has 1 saturated carbocycles. The van der Waals surface area contributed by atoms with E-state index in [9.17, 15) is 4.79 Å². The van der Waals surface area contributed by atoms with Crippen LogP contribution in [0.5, 0.6) is 0 Å². The molecule has 2 aliphatic rings. The zero-order chi connectivity index (χ0) is 12.5. The SMILES string of the molecule is CCCC1(C(=O)N2CCC(C)(CN)C2)CCC1.Cl. The molecule has 1 saturated heterocycles. The molecule has 0 radical (unpaired) electrons. The van der Waals surface area contributed by atoms with Crippen molar-refractivity contribution in [2.45, 2.75) is 52.4 Å². The molecule has 1 aliphatic heterocycles. The van der Waals surface area contributed by atoms with Gasteiger partial charge in [-0.1, -0.05) is 26.7 Å². The third-order valence-electron chi connectivity index (χ3n) is 4.83. The number of rotatable bonds is 4. The molecule has 18 heavy (non-hydrogen) atoms. The van der Waals surface area contributed by atoms with Gasteiger partial charge in [-0.3, -0.25) is 4.79 Å². The Morgan fingerprint density at radius 2 is 2.00 bits per heavy atom. The van der Waals surface area contributed by atoms with Crippen molar-refractivity contribution in [2.75, 3.05) is 19.6 Å². The smallest absolute Gasteiger partial charge is 0.228 e. The van der Waals surface area contributed by atoms with Crippen LogP contribution in [0.4, 0.5) is 0 Å². The summed E-state index contributed by atoms with van der Waals surface area (Å²) in [6, 6.07) is 0. The van der Waals surface area contributed by atoms with E-state index in [1.165, 1.54) is 6.42 Å². The lowest BCUT2D eigenvalue weighted by Gasteiger charge is -2.43. The van der Waals surface area contributed by atoms with Gasteiger partial charge in [-0.2, -0.15) is 0 Å². The summed E-state index contributed by atoms with van der Waals surface area (Å²) < 4.78 is 0. The first kappa shape index (κ1) is 15.8. The molecule has 0 aromatic heterocycles. The number of amides is 1. The second kappa shape index (κ2) is 5.79. The monoisotopic (exact) mass is 274 g/mol. The Labute approximate surface area is 117 Å². The average molecular weight is 275 g/mol. The van der Waals surface area contributed by atoms with Crippen molar-refractivity contribution in [3.63, 3.8) is 0 Å². The van der Waals surface area contributed by atoms with E-state index < -0.39 is 0 Å². The van der Waals surface area contributed by atoms with E-state index in [0.29, 0.717) is 12.5 Å². The summed E-state index contributed by atoms with van der Waals surface area (Å²) in [5.74, 6) is 0.419. The van der Waals surface area contributed by atoms with Crippen LogP contribution in [0.2, 0.25) is 0 Å². The lowest BCUT2D eigenvalue weighted by molar-refractivity contribution is -0.147. The molecule has 2 rings (SSSR count). The molecule has 0 aromatic rings. The topological polar surface area (TPSA) is 46.3 Å². The number of carbonyl (C=O) groups is 1. The summed E-state index contributed by atoms with van der Waals surface area (Å²) in [6.45, 7) is 6.86. The summed E-state index contributed by atoms with van der Waals surface area (Å²) >= 11 is 0. The Morgan fingerprint density at radius 3 is 2.39 bits per heavy atom. The molecule has 3 nitrogen and oxygen atoms in total. The first-order valence-electron chi connectivity index (χ1n) is 7.05. The molecule has 2 N–H and O–H groups in total. The highest BCUT2D eigenvalue weighted by atomic mass is 35.5. The fourth-order valence-corrected chi connectivity index (χ4v) is 3.35. The van der Waals surface area contributed by atoms with Gasteiger partial charge in [0.1, 0.15) is 0 Å². The largest absolute Gasteiger partial charge is 0.342 e. The van der Waals surface area contributed by atoms with Crippen molar-refractivity contribution in [3.05, 3.63) is 0 Å². The number of nitrogens with zero attached hydrogens (tertiary/aromatic N) is 1. The van der Waals surface area contributed by atoms with Gasteiger partial charge in [0, 0.05) is 18.5 Å². The lowest BCUT2D eigenvalue weighted by Crippen LogP contribution is -2.47. The van der Waals surface area contributed by atoms with E-state index in [4.69, 9.17) is 5.73 Å². The van der Waals surface area contributed by atoms with Crippen molar-refractivity contribution in [3.8, 4) is 0 Å². The van der Waals surface area contributed by atoms with Crippen LogP contribution in [-0.2, 0) is 4.79 Å². The Morgan fingerprint density at radius 1 is 1.33 bits per heavy atom. The molecule has 1 heterocycles. The third-order valence-corrected chi connectivity index (χ3v) is 4.83. The number of hydrogen-bond acceptors (Lipinski definition) is 2. The molecule has 4 heteroatoms. The highest BCUT2D eigenvalue weighted by molar-refractivity contribution is 5.85. The minimum atomic E-state index is 0. The van der Waals surface area contributed by atoms with Gasteiger partial charge in [-0.15, -0.1) is 12.4 Å². The Balaban J connectivity index is 0.00000162. The zero-order valence-electron chi connectivity index (χ0n) is 11.7. The van der Waals surface area contributed by atoms with Gasteiger partial charge in [-0.05, 0) is 37.6 Å². The minimum Gasteiger partial charge on any atom is -0.342 e. The number of carbonyl (C=O) groups excluding carboxylic acids is 1. The fraction of sp³-hybridized carbons (Fsp3) is 0.929. The maximum absolute atomic E-state index is 12.6. The normalized spacial score (nSPS) is 29.6. The van der Waals surface area contributed by atoms with Gasteiger partial charge in [0.2, 0.25) is 5.91 Å². The van der Waals surface area contributed by atoms with E-state index >= 15 is 0 Å². The summed E-state index contributed by atoms with van der Waals surface area (Å²) in [6.07, 6.45) is 6.70. The van der Waals surface area contributed by atoms with Crippen LogP contribution in [0.3, 0.4) is 0 Å². The maximum atomic E-state index is 12.6. The molecule has 1 amide bonds. The van der Waals surface area contributed by atoms with Crippen LogP contribution in [-0.4, -0.2) is 30.4 Å². The molecule has 0 spiro atoms. The highest BCUT2D eigenvalue weighted by Gasteiger charge is 2.47. The Bertz CT molecular complexity index is 304. The summed E-state index contributed by atoms with van der Waals surface area (Å²) in [7, 11) is 0. The van der Waals surface area contributed by atoms with Crippen molar-refractivity contribution in [1.29, 1.82) is 0 Å². The van der Waals surface area contributed by atoms with Crippen LogP contribution in [0.25, 0.3) is 0 Å². The summed E-state index contributed by atoms with van der Waals surface area (Å²) in [5, 5.41) is 0. The molecule has 1 unspecified atom stereocenters. The van der Waals surface area contributed by atoms with Crippen LogP contribution < -0.4 is 5.73 Å². The van der Waals surface area contributed by atoms with Crippen molar-refractivity contribution < 1.29 is 4.79 Å². The molecular formula is C14H27ClN2O. The van der Waals surface area contributed by atoms with Crippen molar-refractivity contribution in [2.24, 2.45) is 16.6 Å². The quantitative estimate of drug-likeness (QED) is 0.856. The van der Waals surface area contributed by atoms with Gasteiger partial charge in [0.15, 0.2) is 0 Å². The lowest BCUT2D eigenvalue weighted by atomic mass is 9.65. The highest BCUT2D eigenvalue weighted by Crippen LogP contribution is 2.47. The van der Waals surface area contributed by atoms with Gasteiger partial charge in [0.05, 0.1) is 0 Å². The van der Waals surface area contributed by atoms with Crippen LogP contribution in [0.1, 0.15) is 52.4 Å². The van der Waals surface area contributed by atoms with Crippen LogP contribution >= 0.6 is 12.4 Å². The second-order valence-corrected chi connectivity index (χ2v) is 6.38. The second-order valence-electron chi connectivity index (χ2n) is 6.38. The third kappa shape index (κ3) is 2.67. The van der Waals surface area contributed by atoms with Gasteiger partial charge in [-0.25, -0.2) is 0 Å². The molecule has 106 valence electrons. The van der Waals surface area contributed by atoms with Crippen molar-refractivity contribution in [1.82, 2.24) is 4.90 Å². The zero-order valence-corrected chi connectivity index (χ0v) is 12.5. The Kier molecular flexibility index (Phi) is 5.07. The minimum absolute atomic E-state index is 0. The van der Waals surface area contributed by atoms with E-state index in [1.807, 2.05) is 0 Å². The standard InChI is InChI=1S/C14H26N2O.ClH/c1-3-5-14(6-4-7-14)12(17)16-9-8-13(2,10-15)11-16;/h3-11,15H2,1-2H3;1H. The van der Waals surface area contributed by atoms with Crippen LogP contribution in [0.15, 0.2) is 0 Å². The molecule has 1 atom stereocenters. The molecule has 2 fully saturated rings. The molecular weight excluding hydrogens is 248 g/mol. The summed E-state index contributed by atoms with van der Waals surface area (Å²) in [5.41, 5.74) is 5.97. The summed E-state index contributed by atoms with van der Waals surface area (Å²) in [4.78, 5) is 14.7. The number of likely N-dealkylation sites (tertiary alicyclic amines) is 1. The van der Waals surface area contributed by atoms with Gasteiger partial charge in [0.25, 0.3) is 0 Å². The van der Waals surface area contributed by atoms with E-state index in [1.54, 1.807) is 0 Å². The van der Waals surface area contributed by atoms with Gasteiger partial charge >= 0.3 is 0 Å². The number of halogens is 1. The Hall–Kier alpha value is -0.280. The predicted octanol–water partition coefficient (Wildman–Crippen LogP) is 2.58. The molecule has 0 bridgehead atoms. The molecule has 0 aromatic carbocycles. The van der Waals surface area contributed by atoms with E-state index in [2.05, 4.69) is 18.7 Å². The fourth-order valence-electron chi connectivity index (χ4n) is 3.35. The predicted molar refractivity (Wildman–Crippen MR) is 76.8 cm³/mol. The van der Waals surface area contributed by atoms with E-state index in [0.717, 1.165) is 45.2 Å². The van der Waals surface area contributed by atoms with Gasteiger partial charge < -0.3 is 10.6 Å². The van der Waals surface area contributed by atoms with E-state index in [-0.39, 0.29) is 23.2 Å². The van der Waals surface area contributed by atoms with Crippen molar-refractivity contribution >= 4 is 18.3 Å². The maximum Gasteiger partial charge on any atom is 0.228 e. The average Bonchev–Trinajstić information content (AvgIpc) is 2.66. The number of hydrogen-bond donors (Lipinski definition) is 1. The van der Waals surface area contributed by atoms with Crippen LogP contribution in [0, 0.1) is 10.8 Å². The number of nitrogens with two attached hydrogens (primary N) is 1. The first-order valence-corrected chi connectivity index (χ1v) is 7.05. The first-order chi connectivity index (χ1) is 8.05.